The minimum Gasteiger partial charge on any atom is -0.0683 e. The molecule has 0 saturated heterocycles. The van der Waals surface area contributed by atoms with Crippen molar-refractivity contribution in [1.82, 2.24) is 0 Å². The van der Waals surface area contributed by atoms with Crippen LogP contribution in [0.5, 0.6) is 0 Å². The van der Waals surface area contributed by atoms with Crippen LogP contribution in [-0.4, -0.2) is 0 Å². The standard InChI is InChI=1S/C109H124.3C2H6/c1-8-85(92-45-27-15-28-46-92)73-105(74-86(9-2)93-47-29-16-30-48-93)99-63-65-100(66-64-99)107(76-88(11-4)95-51-33-18-34-52-95)80-109(78-104(72-83(7)91-43-25-14-26-44-91)98-61-59-84(60-62-98)58-57-81(5)89-39-21-12-22-40-89)102-69-67-101(68-70-102)108(77-103(96-53-35-19-36-54-96)71-82(6)90-41-23-13-24-42-90)79-106(97-55-37-20-38-56-97)75-87(10-3)94-49-31-17-32-50-94;3*1-2/h12-56,59-70,81-83,85-88,103-109H,8-11,57-58,71-80H2,1-7H3;3*1-2H3. The third-order valence-electron chi connectivity index (χ3n) is 25.6. The summed E-state index contributed by atoms with van der Waals surface area (Å²) in [4.78, 5) is 0. The molecule has 12 rings (SSSR count). The Balaban J connectivity index is 0.00000246. The van der Waals surface area contributed by atoms with E-state index in [0.717, 1.165) is 103 Å². The lowest BCUT2D eigenvalue weighted by molar-refractivity contribution is 0.403. The monoisotopic (exact) mass is 1520 g/mol. The summed E-state index contributed by atoms with van der Waals surface area (Å²) in [5.41, 5.74) is 21.9. The smallest absolute Gasteiger partial charge is 0.0150 e. The number of aryl methyl sites for hydroxylation is 1. The summed E-state index contributed by atoms with van der Waals surface area (Å²) < 4.78 is 0. The molecule has 115 heavy (non-hydrogen) atoms. The molecule has 0 nitrogen and oxygen atoms in total. The van der Waals surface area contributed by atoms with Crippen molar-refractivity contribution in [3.63, 3.8) is 0 Å². The summed E-state index contributed by atoms with van der Waals surface area (Å²) in [5, 5.41) is 0. The van der Waals surface area contributed by atoms with Gasteiger partial charge in [0.25, 0.3) is 0 Å². The first kappa shape index (κ1) is 89.6. The highest BCUT2D eigenvalue weighted by molar-refractivity contribution is 5.38. The first-order chi connectivity index (χ1) is 56.6. The molecule has 0 amide bonds. The SMILES string of the molecule is CC.CC.CC.CCC(CC(CC(CC)c1ccccc1)c1ccc(C(CC(CC)c2ccccc2)CC(CC(CC(C)c2ccccc2)c2ccc(CCC(C)c3ccccc3)cc2)c2ccc(C(CC(CC(C)c3ccccc3)c3ccccc3)CC(CC(CC)c3ccccc3)c3ccccc3)cc2)cc1)c1ccccc1. The molecule has 0 heterocycles. The molecule has 0 aliphatic carbocycles. The Morgan fingerprint density at radius 2 is 0.304 bits per heavy atom. The molecular formula is C115H142. The Labute approximate surface area is 700 Å². The summed E-state index contributed by atoms with van der Waals surface area (Å²) in [6, 6.07) is 134. The number of benzene rings is 12. The lowest BCUT2D eigenvalue weighted by Crippen LogP contribution is -2.16. The Bertz CT molecular complexity index is 4380. The van der Waals surface area contributed by atoms with E-state index in [9.17, 15) is 0 Å². The lowest BCUT2D eigenvalue weighted by atomic mass is 9.72. The van der Waals surface area contributed by atoms with Crippen molar-refractivity contribution in [2.24, 2.45) is 0 Å². The van der Waals surface area contributed by atoms with Crippen LogP contribution in [0.1, 0.15) is 353 Å². The molecule has 0 spiro atoms. The second-order valence-electron chi connectivity index (χ2n) is 32.7. The van der Waals surface area contributed by atoms with E-state index in [1.165, 1.54) is 83.5 Å². The molecule has 13 unspecified atom stereocenters. The highest BCUT2D eigenvalue weighted by Gasteiger charge is 2.32. The zero-order valence-electron chi connectivity index (χ0n) is 72.8. The molecule has 0 bridgehead atoms. The normalized spacial score (nSPS) is 14.9. The summed E-state index contributed by atoms with van der Waals surface area (Å²) in [7, 11) is 0. The molecular weight excluding hydrogens is 1380 g/mol. The van der Waals surface area contributed by atoms with Gasteiger partial charge in [-0.3, -0.25) is 0 Å². The van der Waals surface area contributed by atoms with Crippen molar-refractivity contribution in [2.75, 3.05) is 0 Å². The van der Waals surface area contributed by atoms with Gasteiger partial charge in [-0.2, -0.15) is 0 Å². The fraction of sp³-hybridized carbons (Fsp3) is 0.374. The average Bonchev–Trinajstić information content (AvgIpc) is 0.803. The van der Waals surface area contributed by atoms with E-state index in [1.54, 1.807) is 0 Å². The minimum atomic E-state index is 0.266. The van der Waals surface area contributed by atoms with Crippen LogP contribution in [0.3, 0.4) is 0 Å². The van der Waals surface area contributed by atoms with Gasteiger partial charge in [0.2, 0.25) is 0 Å². The second-order valence-corrected chi connectivity index (χ2v) is 32.7. The predicted octanol–water partition coefficient (Wildman–Crippen LogP) is 34.2. The minimum absolute atomic E-state index is 0.266. The molecule has 0 radical (unpaired) electrons. The van der Waals surface area contributed by atoms with Gasteiger partial charge >= 0.3 is 0 Å². The number of hydrogen-bond donors (Lipinski definition) is 0. The molecule has 0 fully saturated rings. The zero-order valence-corrected chi connectivity index (χ0v) is 72.8. The Morgan fingerprint density at radius 1 is 0.157 bits per heavy atom. The van der Waals surface area contributed by atoms with E-state index < -0.39 is 0 Å². The first-order valence-corrected chi connectivity index (χ1v) is 45.3. The van der Waals surface area contributed by atoms with Crippen LogP contribution in [0, 0.1) is 0 Å². The van der Waals surface area contributed by atoms with Crippen LogP contribution in [0.2, 0.25) is 0 Å². The van der Waals surface area contributed by atoms with Gasteiger partial charge in [0.05, 0.1) is 0 Å². The van der Waals surface area contributed by atoms with Gasteiger partial charge in [0.1, 0.15) is 0 Å². The van der Waals surface area contributed by atoms with Gasteiger partial charge in [-0.1, -0.05) is 436 Å². The lowest BCUT2D eigenvalue weighted by Gasteiger charge is -2.33. The van der Waals surface area contributed by atoms with Crippen LogP contribution < -0.4 is 0 Å². The molecule has 0 heteroatoms. The van der Waals surface area contributed by atoms with Crippen LogP contribution >= 0.6 is 0 Å². The van der Waals surface area contributed by atoms with Gasteiger partial charge in [0, 0.05) is 0 Å². The maximum Gasteiger partial charge on any atom is -0.0150 e. The number of rotatable bonds is 41. The molecule has 13 atom stereocenters. The van der Waals surface area contributed by atoms with Crippen molar-refractivity contribution in [2.45, 2.75) is 276 Å². The molecule has 0 saturated carbocycles. The van der Waals surface area contributed by atoms with E-state index >= 15 is 0 Å². The molecule has 602 valence electrons. The van der Waals surface area contributed by atoms with Crippen molar-refractivity contribution >= 4 is 0 Å². The van der Waals surface area contributed by atoms with E-state index in [1.807, 2.05) is 41.5 Å². The molecule has 0 aromatic heterocycles. The second kappa shape index (κ2) is 49.5. The number of hydrogen-bond acceptors (Lipinski definition) is 0. The fourth-order valence-electron chi connectivity index (χ4n) is 18.9. The third kappa shape index (κ3) is 27.1. The van der Waals surface area contributed by atoms with Gasteiger partial charge in [0.15, 0.2) is 0 Å². The Hall–Kier alpha value is -9.36. The van der Waals surface area contributed by atoms with Crippen molar-refractivity contribution in [3.05, 3.63) is 429 Å². The van der Waals surface area contributed by atoms with Crippen LogP contribution in [0.15, 0.2) is 346 Å². The maximum atomic E-state index is 2.65. The molecule has 0 N–H and O–H groups in total. The largest absolute Gasteiger partial charge is 0.0683 e. The summed E-state index contributed by atoms with van der Waals surface area (Å²) >= 11 is 0. The van der Waals surface area contributed by atoms with E-state index in [0.29, 0.717) is 76.9 Å². The van der Waals surface area contributed by atoms with Gasteiger partial charge in [-0.25, -0.2) is 0 Å². The summed E-state index contributed by atoms with van der Waals surface area (Å²) in [6.45, 7) is 29.0. The summed E-state index contributed by atoms with van der Waals surface area (Å²) in [5.74, 6) is 5.43. The highest BCUT2D eigenvalue weighted by Crippen LogP contribution is 2.49. The molecule has 0 aliphatic heterocycles. The Morgan fingerprint density at radius 3 is 0.504 bits per heavy atom. The van der Waals surface area contributed by atoms with E-state index in [2.05, 4.69) is 394 Å². The van der Waals surface area contributed by atoms with Crippen LogP contribution in [0.25, 0.3) is 0 Å². The molecule has 0 aliphatic rings. The fourth-order valence-corrected chi connectivity index (χ4v) is 18.9. The van der Waals surface area contributed by atoms with Gasteiger partial charge in [-0.15, -0.1) is 0 Å². The third-order valence-corrected chi connectivity index (χ3v) is 25.6. The van der Waals surface area contributed by atoms with Crippen molar-refractivity contribution in [3.8, 4) is 0 Å². The summed E-state index contributed by atoms with van der Waals surface area (Å²) in [6.07, 6.45) is 17.5. The highest BCUT2D eigenvalue weighted by atomic mass is 14.4. The van der Waals surface area contributed by atoms with E-state index in [-0.39, 0.29) is 5.92 Å². The Kier molecular flexibility index (Phi) is 38.6. The van der Waals surface area contributed by atoms with Crippen molar-refractivity contribution in [1.29, 1.82) is 0 Å². The topological polar surface area (TPSA) is 0 Å². The van der Waals surface area contributed by atoms with E-state index in [4.69, 9.17) is 0 Å². The maximum absolute atomic E-state index is 2.65. The van der Waals surface area contributed by atoms with Crippen LogP contribution in [0.4, 0.5) is 0 Å². The average molecular weight is 1520 g/mol. The van der Waals surface area contributed by atoms with Gasteiger partial charge < -0.3 is 0 Å². The molecule has 12 aromatic carbocycles. The first-order valence-electron chi connectivity index (χ1n) is 45.3. The van der Waals surface area contributed by atoms with Crippen LogP contribution in [-0.2, 0) is 6.42 Å². The van der Waals surface area contributed by atoms with Crippen molar-refractivity contribution < 1.29 is 0 Å². The van der Waals surface area contributed by atoms with Gasteiger partial charge in [-0.05, 0) is 269 Å². The molecule has 12 aromatic rings. The predicted molar refractivity (Wildman–Crippen MR) is 502 cm³/mol. The quantitative estimate of drug-likeness (QED) is 0.0358. The zero-order chi connectivity index (χ0) is 81.4.